The number of hydrogen-bond acceptors (Lipinski definition) is 3. The smallest absolute Gasteiger partial charge is 0.103 e. The second-order valence-corrected chi connectivity index (χ2v) is 4.18. The molecule has 1 atom stereocenters. The summed E-state index contributed by atoms with van der Waals surface area (Å²) in [6, 6.07) is 12.0. The third kappa shape index (κ3) is 1.97. The molecule has 0 radical (unpaired) electrons. The molecule has 88 valence electrons. The zero-order valence-electron chi connectivity index (χ0n) is 9.41. The summed E-state index contributed by atoms with van der Waals surface area (Å²) >= 11 is 0. The first-order valence-corrected chi connectivity index (χ1v) is 5.70. The fourth-order valence-corrected chi connectivity index (χ4v) is 2.13. The molecule has 0 bridgehead atoms. The minimum absolute atomic E-state index is 0.0179. The summed E-state index contributed by atoms with van der Waals surface area (Å²) in [7, 11) is 0. The maximum absolute atomic E-state index is 9.05. The number of fused-ring (bicyclic) bond motifs is 1. The van der Waals surface area contributed by atoms with Gasteiger partial charge in [0.05, 0.1) is 31.1 Å². The minimum atomic E-state index is -0.0179. The van der Waals surface area contributed by atoms with Crippen LogP contribution in [0.5, 0.6) is 0 Å². The number of aliphatic hydroxyl groups excluding tert-OH is 1. The average Bonchev–Trinajstić information content (AvgIpc) is 2.81. The third-order valence-corrected chi connectivity index (χ3v) is 3.02. The van der Waals surface area contributed by atoms with Crippen LogP contribution in [0.15, 0.2) is 36.4 Å². The van der Waals surface area contributed by atoms with Crippen molar-refractivity contribution < 1.29 is 9.84 Å². The van der Waals surface area contributed by atoms with Crippen molar-refractivity contribution >= 4 is 0 Å². The highest BCUT2D eigenvalue weighted by Gasteiger charge is 2.21. The maximum Gasteiger partial charge on any atom is 0.103 e. The Hall–Kier alpha value is -1.65. The molecule has 0 aliphatic carbocycles. The Kier molecular flexibility index (Phi) is 2.66. The second-order valence-electron chi connectivity index (χ2n) is 4.18. The molecule has 1 aromatic heterocycles. The van der Waals surface area contributed by atoms with Crippen LogP contribution in [0.4, 0.5) is 0 Å². The lowest BCUT2D eigenvalue weighted by molar-refractivity contribution is -0.00124. The number of aromatic nitrogens is 2. The molecule has 0 amide bonds. The second kappa shape index (κ2) is 4.31. The number of hydrogen-bond donors (Lipinski definition) is 1. The fourth-order valence-electron chi connectivity index (χ4n) is 2.13. The molecule has 0 spiro atoms. The van der Waals surface area contributed by atoms with E-state index in [0.29, 0.717) is 18.8 Å². The van der Waals surface area contributed by atoms with E-state index in [1.54, 1.807) is 0 Å². The lowest BCUT2D eigenvalue weighted by Gasteiger charge is -2.24. The summed E-state index contributed by atoms with van der Waals surface area (Å²) in [4.78, 5) is 0. The molecule has 1 aromatic carbocycles. The molecule has 3 rings (SSSR count). The molecule has 4 nitrogen and oxygen atoms in total. The summed E-state index contributed by atoms with van der Waals surface area (Å²) in [5.41, 5.74) is 2.90. The molecule has 2 aromatic rings. The van der Waals surface area contributed by atoms with E-state index in [4.69, 9.17) is 9.84 Å². The number of ether oxygens (including phenoxy) is 1. The average molecular weight is 230 g/mol. The van der Waals surface area contributed by atoms with Crippen LogP contribution in [0, 0.1) is 0 Å². The van der Waals surface area contributed by atoms with Gasteiger partial charge in [-0.15, -0.1) is 0 Å². The molecule has 17 heavy (non-hydrogen) atoms. The SMILES string of the molecule is OCc1cc2n(n1)CC(c1ccccc1)OC2. The summed E-state index contributed by atoms with van der Waals surface area (Å²) in [6.07, 6.45) is 0.0511. The molecule has 0 saturated heterocycles. The van der Waals surface area contributed by atoms with Gasteiger partial charge in [-0.3, -0.25) is 4.68 Å². The normalized spacial score (nSPS) is 19.0. The number of nitrogens with zero attached hydrogens (tertiary/aromatic N) is 2. The predicted molar refractivity (Wildman–Crippen MR) is 62.1 cm³/mol. The highest BCUT2D eigenvalue weighted by atomic mass is 16.5. The van der Waals surface area contributed by atoms with Gasteiger partial charge in [-0.25, -0.2) is 0 Å². The van der Waals surface area contributed by atoms with Gasteiger partial charge in [0, 0.05) is 0 Å². The highest BCUT2D eigenvalue weighted by Crippen LogP contribution is 2.26. The number of aliphatic hydroxyl groups is 1. The van der Waals surface area contributed by atoms with Crippen molar-refractivity contribution in [1.82, 2.24) is 9.78 Å². The van der Waals surface area contributed by atoms with Gasteiger partial charge < -0.3 is 9.84 Å². The van der Waals surface area contributed by atoms with Crippen molar-refractivity contribution in [1.29, 1.82) is 0 Å². The van der Waals surface area contributed by atoms with E-state index in [-0.39, 0.29) is 12.7 Å². The van der Waals surface area contributed by atoms with Gasteiger partial charge in [0.2, 0.25) is 0 Å². The minimum Gasteiger partial charge on any atom is -0.390 e. The van der Waals surface area contributed by atoms with Crippen molar-refractivity contribution in [2.24, 2.45) is 0 Å². The molecular formula is C13H14N2O2. The quantitative estimate of drug-likeness (QED) is 0.853. The van der Waals surface area contributed by atoms with Crippen molar-refractivity contribution in [2.45, 2.75) is 25.9 Å². The van der Waals surface area contributed by atoms with Crippen molar-refractivity contribution in [3.63, 3.8) is 0 Å². The lowest BCUT2D eigenvalue weighted by atomic mass is 10.1. The summed E-state index contributed by atoms with van der Waals surface area (Å²) in [5, 5.41) is 13.4. The van der Waals surface area contributed by atoms with E-state index in [1.165, 1.54) is 5.56 Å². The van der Waals surface area contributed by atoms with Crippen molar-refractivity contribution in [2.75, 3.05) is 0 Å². The van der Waals surface area contributed by atoms with Crippen molar-refractivity contribution in [3.8, 4) is 0 Å². The first kappa shape index (κ1) is 10.5. The Morgan fingerprint density at radius 1 is 1.35 bits per heavy atom. The summed E-state index contributed by atoms with van der Waals surface area (Å²) in [6.45, 7) is 1.24. The summed E-state index contributed by atoms with van der Waals surface area (Å²) in [5.74, 6) is 0. The fraction of sp³-hybridized carbons (Fsp3) is 0.308. The Bertz CT molecular complexity index is 507. The molecule has 2 heterocycles. The van der Waals surface area contributed by atoms with Crippen LogP contribution in [-0.2, 0) is 24.5 Å². The maximum atomic E-state index is 9.05. The molecule has 1 unspecified atom stereocenters. The van der Waals surface area contributed by atoms with Gasteiger partial charge in [-0.05, 0) is 11.6 Å². The predicted octanol–water partition coefficient (Wildman–Crippen LogP) is 1.65. The van der Waals surface area contributed by atoms with Crippen LogP contribution in [0.25, 0.3) is 0 Å². The van der Waals surface area contributed by atoms with Gasteiger partial charge in [0.25, 0.3) is 0 Å². The Morgan fingerprint density at radius 2 is 2.18 bits per heavy atom. The zero-order valence-corrected chi connectivity index (χ0v) is 9.41. The Morgan fingerprint density at radius 3 is 2.94 bits per heavy atom. The van der Waals surface area contributed by atoms with Crippen LogP contribution >= 0.6 is 0 Å². The Labute approximate surface area is 99.5 Å². The van der Waals surface area contributed by atoms with Crippen LogP contribution in [-0.4, -0.2) is 14.9 Å². The van der Waals surface area contributed by atoms with E-state index in [9.17, 15) is 0 Å². The molecule has 4 heteroatoms. The van der Waals surface area contributed by atoms with Crippen LogP contribution < -0.4 is 0 Å². The molecular weight excluding hydrogens is 216 g/mol. The Balaban J connectivity index is 1.85. The first-order valence-electron chi connectivity index (χ1n) is 5.70. The topological polar surface area (TPSA) is 47.3 Å². The van der Waals surface area contributed by atoms with Crippen LogP contribution in [0.2, 0.25) is 0 Å². The van der Waals surface area contributed by atoms with Gasteiger partial charge in [0.15, 0.2) is 0 Å². The molecule has 0 saturated carbocycles. The lowest BCUT2D eigenvalue weighted by Crippen LogP contribution is -2.21. The first-order chi connectivity index (χ1) is 8.36. The van der Waals surface area contributed by atoms with Gasteiger partial charge in [0.1, 0.15) is 6.10 Å². The van der Waals surface area contributed by atoms with Crippen LogP contribution in [0.1, 0.15) is 23.1 Å². The zero-order chi connectivity index (χ0) is 11.7. The van der Waals surface area contributed by atoms with E-state index in [1.807, 2.05) is 28.9 Å². The van der Waals surface area contributed by atoms with Crippen LogP contribution in [0.3, 0.4) is 0 Å². The van der Waals surface area contributed by atoms with Crippen molar-refractivity contribution in [3.05, 3.63) is 53.3 Å². The van der Waals surface area contributed by atoms with Gasteiger partial charge in [-0.2, -0.15) is 5.10 Å². The molecule has 1 aliphatic rings. The van der Waals surface area contributed by atoms with E-state index in [0.717, 1.165) is 5.69 Å². The monoisotopic (exact) mass is 230 g/mol. The largest absolute Gasteiger partial charge is 0.390 e. The number of rotatable bonds is 2. The standard InChI is InChI=1S/C13H14N2O2/c16-8-11-6-12-9-17-13(7-15(12)14-11)10-4-2-1-3-5-10/h1-6,13,16H,7-9H2. The molecule has 1 N–H and O–H groups in total. The van der Waals surface area contributed by atoms with E-state index in [2.05, 4.69) is 17.2 Å². The molecule has 1 aliphatic heterocycles. The van der Waals surface area contributed by atoms with E-state index >= 15 is 0 Å². The summed E-state index contributed by atoms with van der Waals surface area (Å²) < 4.78 is 7.73. The third-order valence-electron chi connectivity index (χ3n) is 3.02. The van der Waals surface area contributed by atoms with Gasteiger partial charge >= 0.3 is 0 Å². The number of benzene rings is 1. The molecule has 0 fully saturated rings. The van der Waals surface area contributed by atoms with Gasteiger partial charge in [-0.1, -0.05) is 30.3 Å². The highest BCUT2D eigenvalue weighted by molar-refractivity contribution is 5.19. The van der Waals surface area contributed by atoms with E-state index < -0.39 is 0 Å².